The van der Waals surface area contributed by atoms with Crippen LogP contribution in [-0.2, 0) is 16.0 Å². The molecule has 2 atom stereocenters. The molecule has 2 unspecified atom stereocenters. The molecule has 1 aliphatic carbocycles. The fourth-order valence-electron chi connectivity index (χ4n) is 2.49. The Kier molecular flexibility index (Phi) is 3.23. The Morgan fingerprint density at radius 3 is 2.90 bits per heavy atom. The van der Waals surface area contributed by atoms with Gasteiger partial charge >= 0.3 is 0 Å². The summed E-state index contributed by atoms with van der Waals surface area (Å²) in [5.74, 6) is -0.424. The predicted octanol–water partition coefficient (Wildman–Crippen LogP) is 1.68. The molecule has 1 aliphatic heterocycles. The smallest absolute Gasteiger partial charge is 0.231 e. The Labute approximate surface area is 121 Å². The third-order valence-electron chi connectivity index (χ3n) is 3.53. The van der Waals surface area contributed by atoms with E-state index in [1.54, 1.807) is 12.1 Å². The maximum atomic E-state index is 12.1. The van der Waals surface area contributed by atoms with Crippen LogP contribution in [0.15, 0.2) is 24.3 Å². The van der Waals surface area contributed by atoms with Crippen molar-refractivity contribution >= 4 is 34.8 Å². The Morgan fingerprint density at radius 1 is 1.40 bits per heavy atom. The zero-order chi connectivity index (χ0) is 14.3. The molecule has 0 saturated carbocycles. The van der Waals surface area contributed by atoms with Crippen LogP contribution in [0, 0.1) is 5.92 Å². The van der Waals surface area contributed by atoms with Crippen LogP contribution in [0.2, 0.25) is 5.02 Å². The normalized spacial score (nSPS) is 23.6. The topological polar surface area (TPSA) is 84.2 Å². The number of amides is 2. The summed E-state index contributed by atoms with van der Waals surface area (Å²) in [7, 11) is 0. The molecule has 0 radical (unpaired) electrons. The number of nitrogens with two attached hydrogens (primary N) is 1. The minimum atomic E-state index is -0.228. The second-order valence-corrected chi connectivity index (χ2v) is 5.50. The van der Waals surface area contributed by atoms with Gasteiger partial charge in [-0.1, -0.05) is 23.8 Å². The van der Waals surface area contributed by atoms with Crippen LogP contribution in [0.25, 0.3) is 0 Å². The standard InChI is InChI=1S/C14H14ClN3O2/c15-10-6-11-8(5-13(19)17-11)4-12(10)18-14(20)7-1-2-9(16)3-7/h1-2,4,6-7,9H,3,5,16H2,(H,17,19)(H,18,20). The lowest BCUT2D eigenvalue weighted by Gasteiger charge is -2.13. The van der Waals surface area contributed by atoms with Gasteiger partial charge in [-0.15, -0.1) is 0 Å². The van der Waals surface area contributed by atoms with E-state index in [0.29, 0.717) is 29.2 Å². The summed E-state index contributed by atoms with van der Waals surface area (Å²) >= 11 is 6.13. The molecule has 3 rings (SSSR count). The first kappa shape index (κ1) is 13.1. The molecule has 104 valence electrons. The molecular weight excluding hydrogens is 278 g/mol. The van der Waals surface area contributed by atoms with Gasteiger partial charge in [-0.2, -0.15) is 0 Å². The van der Waals surface area contributed by atoms with Crippen LogP contribution in [0.3, 0.4) is 0 Å². The monoisotopic (exact) mass is 291 g/mol. The quantitative estimate of drug-likeness (QED) is 0.725. The zero-order valence-corrected chi connectivity index (χ0v) is 11.4. The fourth-order valence-corrected chi connectivity index (χ4v) is 2.70. The van der Waals surface area contributed by atoms with Crippen molar-refractivity contribution in [1.29, 1.82) is 0 Å². The highest BCUT2D eigenvalue weighted by molar-refractivity contribution is 6.34. The highest BCUT2D eigenvalue weighted by Crippen LogP contribution is 2.33. The lowest BCUT2D eigenvalue weighted by Crippen LogP contribution is -2.24. The average molecular weight is 292 g/mol. The molecule has 4 N–H and O–H groups in total. The third-order valence-corrected chi connectivity index (χ3v) is 3.84. The Balaban J connectivity index is 1.78. The minimum absolute atomic E-state index is 0.0655. The second kappa shape index (κ2) is 4.92. The fraction of sp³-hybridized carbons (Fsp3) is 0.286. The largest absolute Gasteiger partial charge is 0.325 e. The van der Waals surface area contributed by atoms with Crippen LogP contribution < -0.4 is 16.4 Å². The molecule has 20 heavy (non-hydrogen) atoms. The van der Waals surface area contributed by atoms with E-state index >= 15 is 0 Å². The van der Waals surface area contributed by atoms with Crippen LogP contribution in [-0.4, -0.2) is 17.9 Å². The van der Waals surface area contributed by atoms with Crippen molar-refractivity contribution in [2.24, 2.45) is 11.7 Å². The molecule has 5 nitrogen and oxygen atoms in total. The van der Waals surface area contributed by atoms with Crippen LogP contribution in [0.5, 0.6) is 0 Å². The highest BCUT2D eigenvalue weighted by atomic mass is 35.5. The second-order valence-electron chi connectivity index (χ2n) is 5.09. The number of benzene rings is 1. The molecule has 0 saturated heterocycles. The molecule has 0 bridgehead atoms. The molecule has 0 fully saturated rings. The van der Waals surface area contributed by atoms with E-state index in [0.717, 1.165) is 5.56 Å². The summed E-state index contributed by atoms with van der Waals surface area (Å²) in [6.45, 7) is 0. The molecule has 1 heterocycles. The van der Waals surface area contributed by atoms with Crippen LogP contribution in [0.1, 0.15) is 12.0 Å². The van der Waals surface area contributed by atoms with Gasteiger partial charge in [0.05, 0.1) is 23.0 Å². The Morgan fingerprint density at radius 2 is 2.20 bits per heavy atom. The van der Waals surface area contributed by atoms with Gasteiger partial charge in [-0.05, 0) is 24.1 Å². The maximum Gasteiger partial charge on any atom is 0.231 e. The molecule has 2 aliphatic rings. The number of nitrogens with one attached hydrogen (secondary N) is 2. The van der Waals surface area contributed by atoms with Gasteiger partial charge in [0.15, 0.2) is 0 Å². The Hall–Kier alpha value is -1.85. The first-order chi connectivity index (χ1) is 9.52. The van der Waals surface area contributed by atoms with E-state index in [4.69, 9.17) is 17.3 Å². The summed E-state index contributed by atoms with van der Waals surface area (Å²) in [6, 6.07) is 3.34. The van der Waals surface area contributed by atoms with Crippen molar-refractivity contribution in [1.82, 2.24) is 0 Å². The van der Waals surface area contributed by atoms with E-state index in [2.05, 4.69) is 10.6 Å². The van der Waals surface area contributed by atoms with Crippen molar-refractivity contribution in [3.05, 3.63) is 34.9 Å². The van der Waals surface area contributed by atoms with E-state index < -0.39 is 0 Å². The average Bonchev–Trinajstić information content (AvgIpc) is 2.95. The number of anilines is 2. The lowest BCUT2D eigenvalue weighted by molar-refractivity contribution is -0.118. The highest BCUT2D eigenvalue weighted by Gasteiger charge is 2.25. The van der Waals surface area contributed by atoms with Gasteiger partial charge in [-0.3, -0.25) is 9.59 Å². The summed E-state index contributed by atoms with van der Waals surface area (Å²) in [6.07, 6.45) is 4.56. The van der Waals surface area contributed by atoms with E-state index in [9.17, 15) is 9.59 Å². The van der Waals surface area contributed by atoms with Gasteiger partial charge in [0.2, 0.25) is 11.8 Å². The van der Waals surface area contributed by atoms with Gasteiger partial charge in [-0.25, -0.2) is 0 Å². The summed E-state index contributed by atoms with van der Waals surface area (Å²) in [5.41, 5.74) is 7.82. The summed E-state index contributed by atoms with van der Waals surface area (Å²) in [4.78, 5) is 23.4. The predicted molar refractivity (Wildman–Crippen MR) is 77.6 cm³/mol. The molecule has 1 aromatic carbocycles. The van der Waals surface area contributed by atoms with Crippen LogP contribution >= 0.6 is 11.6 Å². The van der Waals surface area contributed by atoms with Crippen molar-refractivity contribution in [3.63, 3.8) is 0 Å². The number of hydrogen-bond acceptors (Lipinski definition) is 3. The molecule has 0 aromatic heterocycles. The molecule has 2 amide bonds. The molecular formula is C14H14ClN3O2. The number of rotatable bonds is 2. The molecule has 0 spiro atoms. The lowest BCUT2D eigenvalue weighted by atomic mass is 10.1. The van der Waals surface area contributed by atoms with Gasteiger partial charge < -0.3 is 16.4 Å². The first-order valence-corrected chi connectivity index (χ1v) is 6.78. The Bertz CT molecular complexity index is 627. The number of carbonyl (C=O) groups is 2. The molecule has 6 heteroatoms. The van der Waals surface area contributed by atoms with Gasteiger partial charge in [0.1, 0.15) is 0 Å². The maximum absolute atomic E-state index is 12.1. The van der Waals surface area contributed by atoms with Crippen molar-refractivity contribution in [2.75, 3.05) is 10.6 Å². The number of fused-ring (bicyclic) bond motifs is 1. The van der Waals surface area contributed by atoms with E-state index in [1.807, 2.05) is 12.2 Å². The first-order valence-electron chi connectivity index (χ1n) is 6.40. The van der Waals surface area contributed by atoms with E-state index in [1.165, 1.54) is 0 Å². The number of hydrogen-bond donors (Lipinski definition) is 3. The van der Waals surface area contributed by atoms with Crippen molar-refractivity contribution in [3.8, 4) is 0 Å². The molecule has 1 aromatic rings. The zero-order valence-electron chi connectivity index (χ0n) is 10.7. The van der Waals surface area contributed by atoms with Gasteiger partial charge in [0.25, 0.3) is 0 Å². The summed E-state index contributed by atoms with van der Waals surface area (Å²) in [5, 5.41) is 5.92. The third kappa shape index (κ3) is 2.42. The van der Waals surface area contributed by atoms with E-state index in [-0.39, 0.29) is 23.8 Å². The van der Waals surface area contributed by atoms with Gasteiger partial charge in [0, 0.05) is 11.7 Å². The number of halogens is 1. The van der Waals surface area contributed by atoms with Crippen LogP contribution in [0.4, 0.5) is 11.4 Å². The van der Waals surface area contributed by atoms with Crippen molar-refractivity contribution < 1.29 is 9.59 Å². The minimum Gasteiger partial charge on any atom is -0.325 e. The summed E-state index contributed by atoms with van der Waals surface area (Å²) < 4.78 is 0. The number of carbonyl (C=O) groups excluding carboxylic acids is 2. The SMILES string of the molecule is NC1C=CC(C(=O)Nc2cc3c(cc2Cl)NC(=O)C3)C1. The van der Waals surface area contributed by atoms with Crippen molar-refractivity contribution in [2.45, 2.75) is 18.9 Å².